The number of aromatic nitrogens is 1. The van der Waals surface area contributed by atoms with Crippen molar-refractivity contribution in [3.63, 3.8) is 0 Å². The van der Waals surface area contributed by atoms with Gasteiger partial charge in [0.15, 0.2) is 17.2 Å². The number of carbonyl (C=O) groups is 1. The van der Waals surface area contributed by atoms with Crippen molar-refractivity contribution in [2.75, 3.05) is 5.32 Å². The third-order valence-electron chi connectivity index (χ3n) is 3.17. The third kappa shape index (κ3) is 2.20. The molecule has 0 fully saturated rings. The van der Waals surface area contributed by atoms with Crippen LogP contribution in [0.1, 0.15) is 30.8 Å². The summed E-state index contributed by atoms with van der Waals surface area (Å²) in [4.78, 5) is 11.9. The Kier molecular flexibility index (Phi) is 2.85. The molecule has 2 aromatic rings. The minimum absolute atomic E-state index is 0.223. The molecule has 3 rings (SSSR count). The molecule has 1 atom stereocenters. The van der Waals surface area contributed by atoms with Gasteiger partial charge in [0, 0.05) is 31.2 Å². The normalized spacial score (nSPS) is 19.9. The lowest BCUT2D eigenvalue weighted by molar-refractivity contribution is -0.0640. The van der Waals surface area contributed by atoms with Gasteiger partial charge in [-0.25, -0.2) is 0 Å². The van der Waals surface area contributed by atoms with E-state index in [1.807, 2.05) is 13.8 Å². The van der Waals surface area contributed by atoms with Crippen LogP contribution in [-0.4, -0.2) is 16.9 Å². The first kappa shape index (κ1) is 12.5. The average molecular weight is 274 g/mol. The summed E-state index contributed by atoms with van der Waals surface area (Å²) in [6.07, 6.45) is 2.07. The average Bonchev–Trinajstić information content (AvgIpc) is 3.05. The Hall–Kier alpha value is -2.50. The Morgan fingerprint density at radius 2 is 2.10 bits per heavy atom. The van der Waals surface area contributed by atoms with Crippen molar-refractivity contribution in [2.24, 2.45) is 0 Å². The van der Waals surface area contributed by atoms with Crippen LogP contribution in [0.15, 0.2) is 35.1 Å². The van der Waals surface area contributed by atoms with Crippen LogP contribution in [0.5, 0.6) is 11.5 Å². The first-order chi connectivity index (χ1) is 9.59. The Bertz CT molecular complexity index is 639. The van der Waals surface area contributed by atoms with E-state index >= 15 is 0 Å². The van der Waals surface area contributed by atoms with Crippen LogP contribution in [0.25, 0.3) is 0 Å². The Balaban J connectivity index is 1.78. The van der Waals surface area contributed by atoms with Crippen LogP contribution in [0.2, 0.25) is 0 Å². The zero-order valence-electron chi connectivity index (χ0n) is 11.2. The molecule has 0 bridgehead atoms. The van der Waals surface area contributed by atoms with Gasteiger partial charge in [-0.3, -0.25) is 4.79 Å². The fourth-order valence-corrected chi connectivity index (χ4v) is 1.91. The number of hydrogen-bond donors (Lipinski definition) is 1. The monoisotopic (exact) mass is 274 g/mol. The Morgan fingerprint density at radius 1 is 1.30 bits per heavy atom. The van der Waals surface area contributed by atoms with Gasteiger partial charge in [-0.05, 0) is 12.1 Å². The topological polar surface area (TPSA) is 73.6 Å². The van der Waals surface area contributed by atoms with Crippen molar-refractivity contribution in [1.82, 2.24) is 5.16 Å². The van der Waals surface area contributed by atoms with E-state index in [2.05, 4.69) is 15.0 Å². The van der Waals surface area contributed by atoms with Gasteiger partial charge >= 0.3 is 0 Å². The number of nitrogens with zero attached hydrogens (tertiary/aromatic N) is 1. The predicted molar refractivity (Wildman–Crippen MR) is 70.9 cm³/mol. The lowest BCUT2D eigenvalue weighted by Crippen LogP contribution is -2.33. The Morgan fingerprint density at radius 3 is 2.80 bits per heavy atom. The number of hydrogen-bond acceptors (Lipinski definition) is 5. The van der Waals surface area contributed by atoms with Gasteiger partial charge in [0.1, 0.15) is 6.26 Å². The number of carbonyl (C=O) groups excluding carboxylic acids is 1. The van der Waals surface area contributed by atoms with E-state index in [9.17, 15) is 4.79 Å². The van der Waals surface area contributed by atoms with Gasteiger partial charge in [0.05, 0.1) is 0 Å². The maximum Gasteiger partial charge on any atom is 0.277 e. The van der Waals surface area contributed by atoms with E-state index in [4.69, 9.17) is 9.47 Å². The van der Waals surface area contributed by atoms with Crippen LogP contribution in [-0.2, 0) is 0 Å². The first-order valence-electron chi connectivity index (χ1n) is 6.33. The van der Waals surface area contributed by atoms with Gasteiger partial charge < -0.3 is 19.3 Å². The van der Waals surface area contributed by atoms with Crippen LogP contribution < -0.4 is 14.8 Å². The molecule has 0 unspecified atom stereocenters. The molecule has 1 aromatic heterocycles. The van der Waals surface area contributed by atoms with Crippen molar-refractivity contribution in [3.05, 3.63) is 36.2 Å². The highest BCUT2D eigenvalue weighted by molar-refractivity contribution is 6.02. The SMILES string of the molecule is CC[C@@]1(C)Oc2ccc(NC(=O)c3ccon3)cc2O1. The number of benzene rings is 1. The molecule has 0 saturated carbocycles. The molecule has 1 aliphatic heterocycles. The van der Waals surface area contributed by atoms with E-state index in [1.54, 1.807) is 18.2 Å². The quantitative estimate of drug-likeness (QED) is 0.931. The summed E-state index contributed by atoms with van der Waals surface area (Å²) in [5.74, 6) is 0.314. The number of nitrogens with one attached hydrogen (secondary N) is 1. The van der Waals surface area contributed by atoms with Crippen molar-refractivity contribution in [2.45, 2.75) is 26.1 Å². The zero-order valence-corrected chi connectivity index (χ0v) is 11.2. The highest BCUT2D eigenvalue weighted by atomic mass is 16.7. The summed E-state index contributed by atoms with van der Waals surface area (Å²) < 4.78 is 16.1. The highest BCUT2D eigenvalue weighted by Gasteiger charge is 2.35. The van der Waals surface area contributed by atoms with Gasteiger partial charge in [-0.1, -0.05) is 12.1 Å². The molecule has 0 saturated heterocycles. The van der Waals surface area contributed by atoms with Crippen LogP contribution in [0.4, 0.5) is 5.69 Å². The minimum Gasteiger partial charge on any atom is -0.449 e. The second-order valence-electron chi connectivity index (χ2n) is 4.69. The number of rotatable bonds is 3. The third-order valence-corrected chi connectivity index (χ3v) is 3.17. The smallest absolute Gasteiger partial charge is 0.277 e. The lowest BCUT2D eigenvalue weighted by atomic mass is 10.2. The molecule has 1 N–H and O–H groups in total. The van der Waals surface area contributed by atoms with Crippen molar-refractivity contribution in [3.8, 4) is 11.5 Å². The summed E-state index contributed by atoms with van der Waals surface area (Å²) in [6.45, 7) is 3.86. The summed E-state index contributed by atoms with van der Waals surface area (Å²) in [5.41, 5.74) is 0.835. The van der Waals surface area contributed by atoms with E-state index in [0.717, 1.165) is 6.42 Å². The fraction of sp³-hybridized carbons (Fsp3) is 0.286. The molecule has 0 spiro atoms. The molecule has 1 amide bonds. The molecule has 20 heavy (non-hydrogen) atoms. The van der Waals surface area contributed by atoms with Gasteiger partial charge in [0.25, 0.3) is 5.91 Å². The summed E-state index contributed by atoms with van der Waals surface area (Å²) in [5, 5.41) is 6.30. The molecule has 0 aliphatic carbocycles. The predicted octanol–water partition coefficient (Wildman–Crippen LogP) is 2.82. The molecule has 104 valence electrons. The summed E-state index contributed by atoms with van der Waals surface area (Å²) in [7, 11) is 0. The standard InChI is InChI=1S/C14H14N2O4/c1-3-14(2)19-11-5-4-9(8-12(11)20-14)15-13(17)10-6-7-18-16-10/h4-8H,3H2,1-2H3,(H,15,17)/t14-/m0/s1. The second kappa shape index (κ2) is 4.56. The van der Waals surface area contributed by atoms with Gasteiger partial charge in [-0.15, -0.1) is 0 Å². The Labute approximate surface area is 115 Å². The number of anilines is 1. The van der Waals surface area contributed by atoms with Gasteiger partial charge in [0.2, 0.25) is 5.79 Å². The van der Waals surface area contributed by atoms with Crippen LogP contribution in [0, 0.1) is 0 Å². The van der Waals surface area contributed by atoms with E-state index in [-0.39, 0.29) is 11.6 Å². The van der Waals surface area contributed by atoms with E-state index < -0.39 is 5.79 Å². The first-order valence-corrected chi connectivity index (χ1v) is 6.33. The summed E-state index contributed by atoms with van der Waals surface area (Å²) >= 11 is 0. The maximum absolute atomic E-state index is 11.9. The summed E-state index contributed by atoms with van der Waals surface area (Å²) in [6, 6.07) is 6.75. The molecular weight excluding hydrogens is 260 g/mol. The van der Waals surface area contributed by atoms with Gasteiger partial charge in [-0.2, -0.15) is 0 Å². The minimum atomic E-state index is -0.642. The van der Waals surface area contributed by atoms with Crippen molar-refractivity contribution < 1.29 is 18.8 Å². The molecule has 6 heteroatoms. The van der Waals surface area contributed by atoms with Crippen LogP contribution in [0.3, 0.4) is 0 Å². The largest absolute Gasteiger partial charge is 0.449 e. The molecule has 2 heterocycles. The molecule has 1 aromatic carbocycles. The highest BCUT2D eigenvalue weighted by Crippen LogP contribution is 2.42. The van der Waals surface area contributed by atoms with Crippen molar-refractivity contribution >= 4 is 11.6 Å². The molecule has 1 aliphatic rings. The fourth-order valence-electron chi connectivity index (χ4n) is 1.91. The molecule has 0 radical (unpaired) electrons. The van der Waals surface area contributed by atoms with E-state index in [0.29, 0.717) is 17.2 Å². The van der Waals surface area contributed by atoms with Crippen LogP contribution >= 0.6 is 0 Å². The second-order valence-corrected chi connectivity index (χ2v) is 4.69. The van der Waals surface area contributed by atoms with Crippen molar-refractivity contribution in [1.29, 1.82) is 0 Å². The van der Waals surface area contributed by atoms with E-state index in [1.165, 1.54) is 12.3 Å². The lowest BCUT2D eigenvalue weighted by Gasteiger charge is -2.20. The maximum atomic E-state index is 11.9. The number of amides is 1. The molecule has 6 nitrogen and oxygen atoms in total. The number of ether oxygens (including phenoxy) is 2. The molecular formula is C14H14N2O4. The zero-order chi connectivity index (χ0) is 14.2. The number of fused-ring (bicyclic) bond motifs is 1.